The van der Waals surface area contributed by atoms with Crippen LogP contribution in [0.5, 0.6) is 5.75 Å². The lowest BCUT2D eigenvalue weighted by atomic mass is 9.77. The highest BCUT2D eigenvalue weighted by Crippen LogP contribution is 2.47. The topological polar surface area (TPSA) is 99.1 Å². The first-order chi connectivity index (χ1) is 18.1. The Morgan fingerprint density at radius 1 is 0.892 bits per heavy atom. The molecule has 0 unspecified atom stereocenters. The van der Waals surface area contributed by atoms with Crippen LogP contribution in [0.4, 0.5) is 0 Å². The number of carbonyl (C=O) groups is 2. The van der Waals surface area contributed by atoms with E-state index in [9.17, 15) is 19.8 Å². The number of benzene rings is 3. The summed E-state index contributed by atoms with van der Waals surface area (Å²) in [6.45, 7) is 0.173. The van der Waals surface area contributed by atoms with Crippen LogP contribution in [0.2, 0.25) is 0 Å². The van der Waals surface area contributed by atoms with Gasteiger partial charge in [0, 0.05) is 24.2 Å². The molecular weight excluding hydrogens is 468 g/mol. The quantitative estimate of drug-likeness (QED) is 0.444. The zero-order valence-corrected chi connectivity index (χ0v) is 20.4. The molecule has 3 aromatic rings. The van der Waals surface area contributed by atoms with Gasteiger partial charge in [0.1, 0.15) is 18.0 Å². The van der Waals surface area contributed by atoms with Crippen LogP contribution in [-0.2, 0) is 22.6 Å². The summed E-state index contributed by atoms with van der Waals surface area (Å²) in [4.78, 5) is 28.6. The monoisotopic (exact) mass is 498 g/mol. The van der Waals surface area contributed by atoms with Gasteiger partial charge in [0.15, 0.2) is 0 Å². The highest BCUT2D eigenvalue weighted by Gasteiger charge is 2.50. The summed E-state index contributed by atoms with van der Waals surface area (Å²) in [6.07, 6.45) is 0.0715. The van der Waals surface area contributed by atoms with Crippen LogP contribution < -0.4 is 10.1 Å². The smallest absolute Gasteiger partial charge is 0.247 e. The summed E-state index contributed by atoms with van der Waals surface area (Å²) in [5.74, 6) is -0.386. The van der Waals surface area contributed by atoms with Crippen molar-refractivity contribution < 1.29 is 24.5 Å². The normalized spacial score (nSPS) is 21.7. The van der Waals surface area contributed by atoms with Gasteiger partial charge in [-0.3, -0.25) is 9.59 Å². The first-order valence-electron chi connectivity index (χ1n) is 12.5. The molecule has 3 aromatic carbocycles. The van der Waals surface area contributed by atoms with Crippen molar-refractivity contribution in [2.75, 3.05) is 13.2 Å². The van der Waals surface area contributed by atoms with Crippen molar-refractivity contribution in [2.45, 2.75) is 37.1 Å². The Hall–Kier alpha value is -3.94. The molecule has 0 saturated heterocycles. The van der Waals surface area contributed by atoms with Crippen molar-refractivity contribution in [3.05, 3.63) is 113 Å². The highest BCUT2D eigenvalue weighted by molar-refractivity contribution is 5.96. The predicted molar refractivity (Wildman–Crippen MR) is 139 cm³/mol. The van der Waals surface area contributed by atoms with Crippen LogP contribution in [0, 0.1) is 0 Å². The number of aliphatic hydroxyl groups excluding tert-OH is 2. The Kier molecular flexibility index (Phi) is 7.35. The third-order valence-corrected chi connectivity index (χ3v) is 6.95. The molecule has 0 bridgehead atoms. The molecule has 3 N–H and O–H groups in total. The molecule has 7 nitrogen and oxygen atoms in total. The van der Waals surface area contributed by atoms with Gasteiger partial charge in [-0.1, -0.05) is 78.9 Å². The summed E-state index contributed by atoms with van der Waals surface area (Å²) >= 11 is 0. The van der Waals surface area contributed by atoms with E-state index in [-0.39, 0.29) is 37.9 Å². The van der Waals surface area contributed by atoms with E-state index in [0.717, 1.165) is 16.7 Å². The zero-order valence-electron chi connectivity index (χ0n) is 20.4. The van der Waals surface area contributed by atoms with Gasteiger partial charge in [0.2, 0.25) is 11.8 Å². The van der Waals surface area contributed by atoms with Crippen molar-refractivity contribution in [3.63, 3.8) is 0 Å². The lowest BCUT2D eigenvalue weighted by molar-refractivity contribution is -0.137. The summed E-state index contributed by atoms with van der Waals surface area (Å²) < 4.78 is 6.18. The molecule has 5 rings (SSSR count). The summed E-state index contributed by atoms with van der Waals surface area (Å²) in [5.41, 5.74) is 3.02. The SMILES string of the molecule is O=C(NCCO)C1=C[C@@H](N(Cc2ccccc2)C(=O)Cc2ccccc2)[C@H](O)[C@H]2Oc3ccccc3[C@@H]12. The minimum absolute atomic E-state index is 0.101. The van der Waals surface area contributed by atoms with Crippen LogP contribution in [0.3, 0.4) is 0 Å². The number of carbonyl (C=O) groups excluding carboxylic acids is 2. The Morgan fingerprint density at radius 2 is 1.54 bits per heavy atom. The standard InChI is InChI=1S/C30H30N2O5/c33-16-15-31-30(36)23-18-24(28(35)29-27(23)22-13-7-8-14-25(22)37-29)32(19-21-11-5-2-6-12-21)26(34)17-20-9-3-1-4-10-20/h1-14,18,24,27-29,33,35H,15-17,19H2,(H,31,36)/t24-,27+,28+,29+/m1/s1. The second-order valence-corrected chi connectivity index (χ2v) is 9.35. The molecule has 1 aliphatic carbocycles. The molecule has 1 heterocycles. The number of fused-ring (bicyclic) bond motifs is 3. The maximum absolute atomic E-state index is 13.7. The second-order valence-electron chi connectivity index (χ2n) is 9.35. The molecule has 0 saturated carbocycles. The maximum Gasteiger partial charge on any atom is 0.247 e. The number of ether oxygens (including phenoxy) is 1. The third-order valence-electron chi connectivity index (χ3n) is 6.95. The molecule has 0 spiro atoms. The van der Waals surface area contributed by atoms with Crippen molar-refractivity contribution >= 4 is 11.8 Å². The van der Waals surface area contributed by atoms with E-state index in [0.29, 0.717) is 11.3 Å². The van der Waals surface area contributed by atoms with Gasteiger partial charge in [-0.15, -0.1) is 0 Å². The summed E-state index contributed by atoms with van der Waals surface area (Å²) in [7, 11) is 0. The van der Waals surface area contributed by atoms with Gasteiger partial charge >= 0.3 is 0 Å². The lowest BCUT2D eigenvalue weighted by Crippen LogP contribution is -2.55. The predicted octanol–water partition coefficient (Wildman–Crippen LogP) is 2.58. The fourth-order valence-electron chi connectivity index (χ4n) is 5.20. The molecule has 2 aliphatic rings. The summed E-state index contributed by atoms with van der Waals surface area (Å²) in [6, 6.07) is 25.7. The number of hydrogen-bond acceptors (Lipinski definition) is 5. The Morgan fingerprint density at radius 3 is 2.24 bits per heavy atom. The molecular formula is C30H30N2O5. The summed E-state index contributed by atoms with van der Waals surface area (Å²) in [5, 5.41) is 23.6. The number of amides is 2. The minimum Gasteiger partial charge on any atom is -0.486 e. The molecule has 4 atom stereocenters. The van der Waals surface area contributed by atoms with Gasteiger partial charge in [-0.2, -0.15) is 0 Å². The second kappa shape index (κ2) is 11.0. The van der Waals surface area contributed by atoms with Crippen molar-refractivity contribution in [1.82, 2.24) is 10.2 Å². The third kappa shape index (κ3) is 5.14. The van der Waals surface area contributed by atoms with Gasteiger partial charge < -0.3 is 25.2 Å². The van der Waals surface area contributed by atoms with E-state index in [2.05, 4.69) is 5.32 Å². The van der Waals surface area contributed by atoms with E-state index in [4.69, 9.17) is 4.74 Å². The van der Waals surface area contributed by atoms with E-state index in [1.165, 1.54) is 0 Å². The van der Waals surface area contributed by atoms with Crippen molar-refractivity contribution in [1.29, 1.82) is 0 Å². The van der Waals surface area contributed by atoms with Crippen LogP contribution in [0.15, 0.2) is 96.6 Å². The van der Waals surface area contributed by atoms with Crippen LogP contribution in [0.1, 0.15) is 22.6 Å². The molecule has 190 valence electrons. The molecule has 1 aliphatic heterocycles. The van der Waals surface area contributed by atoms with Gasteiger partial charge in [-0.25, -0.2) is 0 Å². The molecule has 7 heteroatoms. The van der Waals surface area contributed by atoms with Crippen LogP contribution in [-0.4, -0.2) is 58.3 Å². The Balaban J connectivity index is 1.54. The molecule has 0 radical (unpaired) electrons. The number of nitrogens with zero attached hydrogens (tertiary/aromatic N) is 1. The largest absolute Gasteiger partial charge is 0.486 e. The molecule has 0 fully saturated rings. The average molecular weight is 499 g/mol. The first kappa shape index (κ1) is 24.7. The van der Waals surface area contributed by atoms with Gasteiger partial charge in [0.05, 0.1) is 25.0 Å². The van der Waals surface area contributed by atoms with E-state index < -0.39 is 24.2 Å². The van der Waals surface area contributed by atoms with Crippen molar-refractivity contribution in [3.8, 4) is 5.75 Å². The van der Waals surface area contributed by atoms with Crippen molar-refractivity contribution in [2.24, 2.45) is 0 Å². The Bertz CT molecular complexity index is 1280. The number of para-hydroxylation sites is 1. The van der Waals surface area contributed by atoms with E-state index in [1.54, 1.807) is 11.0 Å². The lowest BCUT2D eigenvalue weighted by Gasteiger charge is -2.41. The number of rotatable bonds is 8. The highest BCUT2D eigenvalue weighted by atomic mass is 16.5. The molecule has 2 amide bonds. The van der Waals surface area contributed by atoms with Gasteiger partial charge in [0.25, 0.3) is 0 Å². The minimum atomic E-state index is -1.06. The van der Waals surface area contributed by atoms with E-state index >= 15 is 0 Å². The number of hydrogen-bond donors (Lipinski definition) is 3. The number of aliphatic hydroxyl groups is 2. The number of nitrogens with one attached hydrogen (secondary N) is 1. The fourth-order valence-corrected chi connectivity index (χ4v) is 5.20. The van der Waals surface area contributed by atoms with Crippen LogP contribution >= 0.6 is 0 Å². The zero-order chi connectivity index (χ0) is 25.8. The first-order valence-corrected chi connectivity index (χ1v) is 12.5. The van der Waals surface area contributed by atoms with Crippen LogP contribution in [0.25, 0.3) is 0 Å². The Labute approximate surface area is 216 Å². The fraction of sp³-hybridized carbons (Fsp3) is 0.267. The van der Waals surface area contributed by atoms with E-state index in [1.807, 2.05) is 84.9 Å². The average Bonchev–Trinajstić information content (AvgIpc) is 3.32. The molecule has 37 heavy (non-hydrogen) atoms. The molecule has 0 aromatic heterocycles. The maximum atomic E-state index is 13.7. The van der Waals surface area contributed by atoms with Gasteiger partial charge in [-0.05, 0) is 23.3 Å².